The minimum atomic E-state index is -0.432. The molecular formula is C46H76N6O14S. The fourth-order valence-electron chi connectivity index (χ4n) is 5.82. The van der Waals surface area contributed by atoms with Gasteiger partial charge in [-0.05, 0) is 49.1 Å². The number of hydrogen-bond acceptors (Lipinski definition) is 18. The quantitative estimate of drug-likeness (QED) is 0.0369. The molecule has 1 aliphatic heterocycles. The second kappa shape index (κ2) is 41.2. The highest BCUT2D eigenvalue weighted by Crippen LogP contribution is 2.31. The summed E-state index contributed by atoms with van der Waals surface area (Å²) >= 11 is 1.49. The van der Waals surface area contributed by atoms with Crippen LogP contribution in [0.3, 0.4) is 0 Å². The molecule has 0 aromatic heterocycles. The Morgan fingerprint density at radius 2 is 1.13 bits per heavy atom. The lowest BCUT2D eigenvalue weighted by Crippen LogP contribution is -2.38. The van der Waals surface area contributed by atoms with Crippen molar-refractivity contribution in [3.05, 3.63) is 41.5 Å². The van der Waals surface area contributed by atoms with Crippen LogP contribution >= 0.6 is 11.9 Å². The number of nitrogens with zero attached hydrogens (tertiary/aromatic N) is 3. The van der Waals surface area contributed by atoms with Gasteiger partial charge in [-0.25, -0.2) is 4.99 Å². The Labute approximate surface area is 401 Å². The highest BCUT2D eigenvalue weighted by molar-refractivity contribution is 7.97. The summed E-state index contributed by atoms with van der Waals surface area (Å²) in [5.74, 6) is -0.293. The van der Waals surface area contributed by atoms with E-state index in [9.17, 15) is 19.2 Å². The van der Waals surface area contributed by atoms with Gasteiger partial charge in [0.1, 0.15) is 12.1 Å². The molecule has 4 N–H and O–H groups in total. The number of carbonyl (C=O) groups is 4. The normalized spacial score (nSPS) is 12.4. The van der Waals surface area contributed by atoms with Crippen molar-refractivity contribution < 1.29 is 66.5 Å². The van der Waals surface area contributed by atoms with E-state index in [1.165, 1.54) is 23.9 Å². The van der Waals surface area contributed by atoms with Crippen molar-refractivity contribution >= 4 is 53.6 Å². The molecule has 21 heteroatoms. The molecule has 2 rings (SSSR count). The number of allylic oxidation sites excluding steroid dienone is 1. The molecule has 0 radical (unpaired) electrons. The van der Waals surface area contributed by atoms with Gasteiger partial charge in [-0.15, -0.1) is 0 Å². The van der Waals surface area contributed by atoms with Crippen LogP contribution in [0, 0.1) is 0 Å². The lowest BCUT2D eigenvalue weighted by molar-refractivity contribution is -0.131. The molecule has 380 valence electrons. The number of fused-ring (bicyclic) bond motifs is 1. The van der Waals surface area contributed by atoms with Crippen LogP contribution in [-0.4, -0.2) is 212 Å². The largest absolute Gasteiger partial charge is 0.387 e. The summed E-state index contributed by atoms with van der Waals surface area (Å²) in [6.07, 6.45) is 6.76. The van der Waals surface area contributed by atoms with Crippen molar-refractivity contribution in [3.8, 4) is 0 Å². The summed E-state index contributed by atoms with van der Waals surface area (Å²) in [7, 11) is 1.47. The zero-order valence-electron chi connectivity index (χ0n) is 39.9. The molecule has 1 aromatic carbocycles. The lowest BCUT2D eigenvalue weighted by atomic mass is 10.1. The first-order chi connectivity index (χ1) is 32.8. The molecule has 0 saturated carbocycles. The molecule has 0 bridgehead atoms. The Bertz CT molecular complexity index is 1580. The maximum absolute atomic E-state index is 13.2. The number of aliphatic imine (C=N–C) groups is 1. The average Bonchev–Trinajstić information content (AvgIpc) is 3.49. The standard InChI is InChI=1S/C46H76N6O14S/c1-4-12-52(13-5-2)46(56)40-35-39-8-9-41(37-42(39)50-43(47)36-40)67-49-11-16-58-18-20-60-22-24-62-26-28-64-30-32-66-34-33-65-31-29-63-27-25-61-23-21-59-19-17-57-15-10-48-44(54)38-51(3)45(55)7-6-14-53/h6-9,14,35,37,49H,4-5,10-13,15-34,36,38H2,1-3H3,(H2,47,50)(H,48,54)/b7-6-. The summed E-state index contributed by atoms with van der Waals surface area (Å²) in [6.45, 7) is 15.5. The number of nitrogens with two attached hydrogens (primary N) is 1. The maximum Gasteiger partial charge on any atom is 0.250 e. The highest BCUT2D eigenvalue weighted by Gasteiger charge is 2.21. The first-order valence-electron chi connectivity index (χ1n) is 23.1. The van der Waals surface area contributed by atoms with Gasteiger partial charge in [0, 0.05) is 61.8 Å². The summed E-state index contributed by atoms with van der Waals surface area (Å²) in [4.78, 5) is 55.7. The van der Waals surface area contributed by atoms with E-state index in [0.29, 0.717) is 169 Å². The Morgan fingerprint density at radius 3 is 1.58 bits per heavy atom. The molecule has 0 aliphatic carbocycles. The second-order valence-electron chi connectivity index (χ2n) is 14.6. The fourth-order valence-corrected chi connectivity index (χ4v) is 6.48. The van der Waals surface area contributed by atoms with Gasteiger partial charge in [0.2, 0.25) is 17.7 Å². The van der Waals surface area contributed by atoms with Crippen LogP contribution in [0.4, 0.5) is 5.69 Å². The Morgan fingerprint density at radius 1 is 0.687 bits per heavy atom. The number of aldehydes is 1. The fraction of sp³-hybridized carbons (Fsp3) is 0.674. The molecule has 67 heavy (non-hydrogen) atoms. The molecule has 1 aromatic rings. The summed E-state index contributed by atoms with van der Waals surface area (Å²) in [5.41, 5.74) is 8.54. The molecule has 0 fully saturated rings. The zero-order chi connectivity index (χ0) is 48.4. The first kappa shape index (κ1) is 59.3. The van der Waals surface area contributed by atoms with Crippen LogP contribution in [0.1, 0.15) is 38.7 Å². The molecule has 0 unspecified atom stereocenters. The summed E-state index contributed by atoms with van der Waals surface area (Å²) in [6, 6.07) is 5.97. The minimum Gasteiger partial charge on any atom is -0.387 e. The van der Waals surface area contributed by atoms with E-state index < -0.39 is 5.91 Å². The number of hydrogen-bond donors (Lipinski definition) is 3. The number of nitrogens with one attached hydrogen (secondary N) is 2. The van der Waals surface area contributed by atoms with Gasteiger partial charge in [0.15, 0.2) is 0 Å². The smallest absolute Gasteiger partial charge is 0.250 e. The van der Waals surface area contributed by atoms with Crippen LogP contribution in [0.5, 0.6) is 0 Å². The van der Waals surface area contributed by atoms with E-state index in [1.807, 2.05) is 29.2 Å². The van der Waals surface area contributed by atoms with Gasteiger partial charge in [-0.1, -0.05) is 19.9 Å². The second-order valence-corrected chi connectivity index (χ2v) is 15.6. The molecule has 3 amide bonds. The van der Waals surface area contributed by atoms with E-state index in [1.54, 1.807) is 0 Å². The Balaban J connectivity index is 1.27. The number of likely N-dealkylation sites (N-methyl/N-ethyl adjacent to an activating group) is 1. The molecule has 0 atom stereocenters. The van der Waals surface area contributed by atoms with Crippen molar-refractivity contribution in [1.29, 1.82) is 0 Å². The lowest BCUT2D eigenvalue weighted by Gasteiger charge is -2.22. The van der Waals surface area contributed by atoms with Crippen molar-refractivity contribution in [2.75, 3.05) is 172 Å². The predicted molar refractivity (Wildman–Crippen MR) is 255 cm³/mol. The van der Waals surface area contributed by atoms with Gasteiger partial charge in [-0.2, -0.15) is 0 Å². The van der Waals surface area contributed by atoms with Crippen LogP contribution < -0.4 is 15.8 Å². The van der Waals surface area contributed by atoms with E-state index in [-0.39, 0.29) is 18.4 Å². The topological polar surface area (TPSA) is 230 Å². The third-order valence-electron chi connectivity index (χ3n) is 9.05. The van der Waals surface area contributed by atoms with E-state index in [0.717, 1.165) is 54.2 Å². The number of rotatable bonds is 44. The number of amidine groups is 1. The average molecular weight is 969 g/mol. The number of amides is 3. The number of carbonyl (C=O) groups excluding carboxylic acids is 4. The summed E-state index contributed by atoms with van der Waals surface area (Å²) < 4.78 is 58.4. The van der Waals surface area contributed by atoms with Gasteiger partial charge in [0.25, 0.3) is 0 Å². The molecule has 0 spiro atoms. The van der Waals surface area contributed by atoms with E-state index >= 15 is 0 Å². The van der Waals surface area contributed by atoms with Crippen molar-refractivity contribution in [2.24, 2.45) is 10.7 Å². The van der Waals surface area contributed by atoms with Gasteiger partial charge in [-0.3, -0.25) is 23.9 Å². The van der Waals surface area contributed by atoms with E-state index in [4.69, 9.17) is 53.1 Å². The molecule has 1 heterocycles. The van der Waals surface area contributed by atoms with Crippen LogP contribution in [0.2, 0.25) is 0 Å². The van der Waals surface area contributed by atoms with Crippen molar-refractivity contribution in [3.63, 3.8) is 0 Å². The predicted octanol–water partition coefficient (Wildman–Crippen LogP) is 2.20. The zero-order valence-corrected chi connectivity index (χ0v) is 40.7. The Kier molecular flexibility index (Phi) is 36.4. The molecule has 0 saturated heterocycles. The SMILES string of the molecule is CCCN(CCC)C(=O)C1=Cc2ccc(SNCCOCCOCCOCCOCCOCCOCCOCCOCCOCCOCCNC(=O)CN(C)C(=O)/C=C\C=O)cc2N=C(N)C1. The first-order valence-corrected chi connectivity index (χ1v) is 23.9. The highest BCUT2D eigenvalue weighted by atomic mass is 32.2. The van der Waals surface area contributed by atoms with Gasteiger partial charge >= 0.3 is 0 Å². The third kappa shape index (κ3) is 31.0. The van der Waals surface area contributed by atoms with Crippen LogP contribution in [-0.2, 0) is 66.5 Å². The summed E-state index contributed by atoms with van der Waals surface area (Å²) in [5, 5.41) is 2.65. The van der Waals surface area contributed by atoms with E-state index in [2.05, 4.69) is 28.9 Å². The van der Waals surface area contributed by atoms with Crippen molar-refractivity contribution in [1.82, 2.24) is 19.8 Å². The molecule has 1 aliphatic rings. The minimum absolute atomic E-state index is 0.0297. The monoisotopic (exact) mass is 969 g/mol. The van der Waals surface area contributed by atoms with Gasteiger partial charge in [0.05, 0.1) is 144 Å². The van der Waals surface area contributed by atoms with Crippen LogP contribution in [0.15, 0.2) is 45.8 Å². The number of ether oxygens (including phenoxy) is 10. The van der Waals surface area contributed by atoms with Crippen LogP contribution in [0.25, 0.3) is 6.08 Å². The number of benzene rings is 1. The molecular weight excluding hydrogens is 893 g/mol. The molecule has 20 nitrogen and oxygen atoms in total. The van der Waals surface area contributed by atoms with Gasteiger partial charge < -0.3 is 68.2 Å². The van der Waals surface area contributed by atoms with Crippen molar-refractivity contribution in [2.45, 2.75) is 38.0 Å². The Hall–Kier alpha value is -3.84. The maximum atomic E-state index is 13.2. The third-order valence-corrected chi connectivity index (χ3v) is 9.88.